The summed E-state index contributed by atoms with van der Waals surface area (Å²) in [4.78, 5) is 27.5. The van der Waals surface area contributed by atoms with Crippen molar-refractivity contribution in [2.75, 3.05) is 0 Å². The number of carbonyl (C=O) groups is 2. The first-order valence-electron chi connectivity index (χ1n) is 9.37. The Bertz CT molecular complexity index is 921. The Morgan fingerprint density at radius 2 is 1.57 bits per heavy atom. The van der Waals surface area contributed by atoms with Crippen LogP contribution in [0.5, 0.6) is 0 Å². The van der Waals surface area contributed by atoms with Crippen molar-refractivity contribution in [1.29, 1.82) is 0 Å². The lowest BCUT2D eigenvalue weighted by Gasteiger charge is -2.32. The third-order valence-corrected chi connectivity index (χ3v) is 5.84. The van der Waals surface area contributed by atoms with Gasteiger partial charge in [-0.15, -0.1) is 0 Å². The highest BCUT2D eigenvalue weighted by molar-refractivity contribution is 6.42. The molecule has 2 aromatic rings. The normalized spacial score (nSPS) is 12.4. The van der Waals surface area contributed by atoms with Gasteiger partial charge in [-0.1, -0.05) is 58.5 Å². The summed E-state index contributed by atoms with van der Waals surface area (Å²) in [5, 5.41) is 4.54. The Kier molecular flexibility index (Phi) is 8.46. The molecule has 0 aliphatic heterocycles. The van der Waals surface area contributed by atoms with Crippen LogP contribution in [0.3, 0.4) is 0 Å². The van der Waals surface area contributed by atoms with Gasteiger partial charge in [-0.3, -0.25) is 9.59 Å². The van der Waals surface area contributed by atoms with Crippen molar-refractivity contribution in [2.45, 2.75) is 52.2 Å². The van der Waals surface area contributed by atoms with E-state index in [1.165, 1.54) is 4.90 Å². The minimum Gasteiger partial charge on any atom is -0.350 e. The second kappa shape index (κ2) is 10.2. The number of hydrogen-bond donors (Lipinski definition) is 1. The molecule has 4 nitrogen and oxygen atoms in total. The van der Waals surface area contributed by atoms with Gasteiger partial charge in [-0.05, 0) is 57.5 Å². The summed E-state index contributed by atoms with van der Waals surface area (Å²) in [6, 6.07) is 9.39. The van der Waals surface area contributed by atoms with Crippen molar-refractivity contribution >= 4 is 58.2 Å². The average Bonchev–Trinajstić information content (AvgIpc) is 2.62. The van der Waals surface area contributed by atoms with Gasteiger partial charge in [0, 0.05) is 27.7 Å². The minimum atomic E-state index is -0.744. The summed E-state index contributed by atoms with van der Waals surface area (Å²) in [5.41, 5.74) is 0.832. The number of hydrogen-bond acceptors (Lipinski definition) is 2. The van der Waals surface area contributed by atoms with Crippen molar-refractivity contribution in [3.05, 3.63) is 67.6 Å². The number of amides is 2. The summed E-state index contributed by atoms with van der Waals surface area (Å²) in [7, 11) is 0. The van der Waals surface area contributed by atoms with Gasteiger partial charge in [0.15, 0.2) is 0 Å². The fourth-order valence-corrected chi connectivity index (χ4v) is 3.67. The lowest BCUT2D eigenvalue weighted by atomic mass is 10.1. The second-order valence-electron chi connectivity index (χ2n) is 8.06. The van der Waals surface area contributed by atoms with Gasteiger partial charge < -0.3 is 10.2 Å². The number of carbonyl (C=O) groups excluding carboxylic acids is 2. The van der Waals surface area contributed by atoms with E-state index in [2.05, 4.69) is 5.32 Å². The molecule has 0 saturated carbocycles. The van der Waals surface area contributed by atoms with Crippen LogP contribution in [0.2, 0.25) is 20.1 Å². The number of halogens is 4. The van der Waals surface area contributed by atoms with Crippen molar-refractivity contribution in [3.63, 3.8) is 0 Å². The SMILES string of the molecule is C[C@H](C(=O)NC(C)(C)C)N(Cc1c(Cl)cccc1Cl)C(=O)Cc1ccc(Cl)c(Cl)c1. The van der Waals surface area contributed by atoms with E-state index in [1.54, 1.807) is 43.3 Å². The quantitative estimate of drug-likeness (QED) is 0.527. The molecule has 30 heavy (non-hydrogen) atoms. The van der Waals surface area contributed by atoms with Crippen LogP contribution in [0.4, 0.5) is 0 Å². The smallest absolute Gasteiger partial charge is 0.242 e. The first kappa shape index (κ1) is 24.8. The monoisotopic (exact) mass is 488 g/mol. The Morgan fingerprint density at radius 1 is 0.967 bits per heavy atom. The summed E-state index contributed by atoms with van der Waals surface area (Å²) in [6.07, 6.45) is 0.0477. The Balaban J connectivity index is 2.35. The molecule has 1 N–H and O–H groups in total. The van der Waals surface area contributed by atoms with Crippen LogP contribution in [-0.2, 0) is 22.6 Å². The first-order valence-corrected chi connectivity index (χ1v) is 10.9. The summed E-state index contributed by atoms with van der Waals surface area (Å²) >= 11 is 24.7. The predicted molar refractivity (Wildman–Crippen MR) is 125 cm³/mol. The van der Waals surface area contributed by atoms with Crippen LogP contribution in [0.25, 0.3) is 0 Å². The van der Waals surface area contributed by atoms with Gasteiger partial charge in [0.2, 0.25) is 11.8 Å². The topological polar surface area (TPSA) is 49.4 Å². The van der Waals surface area contributed by atoms with E-state index in [0.29, 0.717) is 31.2 Å². The van der Waals surface area contributed by atoms with Crippen molar-refractivity contribution in [2.24, 2.45) is 0 Å². The number of benzene rings is 2. The van der Waals surface area contributed by atoms with E-state index in [-0.39, 0.29) is 24.8 Å². The van der Waals surface area contributed by atoms with Gasteiger partial charge in [0.1, 0.15) is 6.04 Å². The molecule has 0 fully saturated rings. The van der Waals surface area contributed by atoms with E-state index in [9.17, 15) is 9.59 Å². The van der Waals surface area contributed by atoms with Crippen molar-refractivity contribution in [1.82, 2.24) is 10.2 Å². The number of nitrogens with zero attached hydrogens (tertiary/aromatic N) is 1. The zero-order valence-electron chi connectivity index (χ0n) is 17.2. The van der Waals surface area contributed by atoms with Gasteiger partial charge in [0.05, 0.1) is 16.5 Å². The molecule has 0 saturated heterocycles. The van der Waals surface area contributed by atoms with E-state index in [4.69, 9.17) is 46.4 Å². The number of nitrogens with one attached hydrogen (secondary N) is 1. The van der Waals surface area contributed by atoms with Crippen molar-refractivity contribution < 1.29 is 9.59 Å². The van der Waals surface area contributed by atoms with E-state index in [1.807, 2.05) is 20.8 Å². The van der Waals surface area contributed by atoms with Gasteiger partial charge in [-0.2, -0.15) is 0 Å². The lowest BCUT2D eigenvalue weighted by molar-refractivity contribution is -0.140. The summed E-state index contributed by atoms with van der Waals surface area (Å²) in [5.74, 6) is -0.533. The van der Waals surface area contributed by atoms with Gasteiger partial charge >= 0.3 is 0 Å². The van der Waals surface area contributed by atoms with Crippen LogP contribution in [0, 0.1) is 0 Å². The average molecular weight is 490 g/mol. The third kappa shape index (κ3) is 6.78. The molecule has 0 aliphatic rings. The van der Waals surface area contributed by atoms with Crippen LogP contribution in [0.15, 0.2) is 36.4 Å². The molecule has 162 valence electrons. The maximum Gasteiger partial charge on any atom is 0.242 e. The molecule has 0 heterocycles. The van der Waals surface area contributed by atoms with Crippen LogP contribution in [-0.4, -0.2) is 28.3 Å². The summed E-state index contributed by atoms with van der Waals surface area (Å²) in [6.45, 7) is 7.41. The molecular formula is C22H24Cl4N2O2. The highest BCUT2D eigenvalue weighted by Crippen LogP contribution is 2.28. The standard InChI is InChI=1S/C22H24Cl4N2O2/c1-13(21(30)27-22(2,3)4)28(12-15-16(23)6-5-7-17(15)24)20(29)11-14-8-9-18(25)19(26)10-14/h5-10,13H,11-12H2,1-4H3,(H,27,30)/t13-/m1/s1. The molecule has 0 aromatic heterocycles. The molecule has 0 bridgehead atoms. The fraction of sp³-hybridized carbons (Fsp3) is 0.364. The highest BCUT2D eigenvalue weighted by atomic mass is 35.5. The maximum atomic E-state index is 13.2. The van der Waals surface area contributed by atoms with Gasteiger partial charge in [0.25, 0.3) is 0 Å². The van der Waals surface area contributed by atoms with Crippen LogP contribution in [0.1, 0.15) is 38.8 Å². The molecular weight excluding hydrogens is 466 g/mol. The highest BCUT2D eigenvalue weighted by Gasteiger charge is 2.29. The zero-order chi connectivity index (χ0) is 22.6. The molecule has 8 heteroatoms. The molecule has 1 atom stereocenters. The summed E-state index contributed by atoms with van der Waals surface area (Å²) < 4.78 is 0. The second-order valence-corrected chi connectivity index (χ2v) is 9.69. The maximum absolute atomic E-state index is 13.2. The van der Waals surface area contributed by atoms with Crippen LogP contribution < -0.4 is 5.32 Å². The molecule has 2 rings (SSSR count). The molecule has 2 aromatic carbocycles. The Hall–Kier alpha value is -1.46. The van der Waals surface area contributed by atoms with Crippen LogP contribution >= 0.6 is 46.4 Å². The Labute approximate surface area is 197 Å². The van der Waals surface area contributed by atoms with Gasteiger partial charge in [-0.25, -0.2) is 0 Å². The zero-order valence-corrected chi connectivity index (χ0v) is 20.3. The van der Waals surface area contributed by atoms with E-state index >= 15 is 0 Å². The van der Waals surface area contributed by atoms with E-state index < -0.39 is 11.6 Å². The molecule has 0 aliphatic carbocycles. The third-order valence-electron chi connectivity index (χ3n) is 4.40. The largest absolute Gasteiger partial charge is 0.350 e. The minimum absolute atomic E-state index is 0.0477. The molecule has 0 spiro atoms. The first-order chi connectivity index (χ1) is 13.9. The molecule has 0 unspecified atom stereocenters. The molecule has 2 amide bonds. The molecule has 0 radical (unpaired) electrons. The Morgan fingerprint density at radius 3 is 2.10 bits per heavy atom. The number of rotatable bonds is 6. The fourth-order valence-electron chi connectivity index (χ4n) is 2.84. The van der Waals surface area contributed by atoms with E-state index in [0.717, 1.165) is 0 Å². The lowest BCUT2D eigenvalue weighted by Crippen LogP contribution is -2.52. The predicted octanol–water partition coefficient (Wildman–Crippen LogP) is 6.17. The van der Waals surface area contributed by atoms with Crippen molar-refractivity contribution in [3.8, 4) is 0 Å².